The molecule has 0 radical (unpaired) electrons. The Balaban J connectivity index is 2.31. The van der Waals surface area contributed by atoms with Gasteiger partial charge in [0.2, 0.25) is 5.82 Å². The summed E-state index contributed by atoms with van der Waals surface area (Å²) >= 11 is 0. The number of rotatable bonds is 3. The molecule has 5 nitrogen and oxygen atoms in total. The van der Waals surface area contributed by atoms with Gasteiger partial charge in [-0.25, -0.2) is 23.4 Å². The summed E-state index contributed by atoms with van der Waals surface area (Å²) in [5.74, 6) is -1.92. The molecule has 3 rings (SSSR count). The minimum absolute atomic E-state index is 0.239. The fraction of sp³-hybridized carbons (Fsp3) is 0.312. The first-order valence-electron chi connectivity index (χ1n) is 7.64. The summed E-state index contributed by atoms with van der Waals surface area (Å²) in [6, 6.07) is 5.35. The maximum absolute atomic E-state index is 13.3. The average Bonchev–Trinajstić information content (AvgIpc) is 2.89. The highest BCUT2D eigenvalue weighted by Crippen LogP contribution is 2.35. The molecule has 0 saturated carbocycles. The van der Waals surface area contributed by atoms with Crippen molar-refractivity contribution < 1.29 is 22.0 Å². The van der Waals surface area contributed by atoms with Gasteiger partial charge in [0.1, 0.15) is 11.5 Å². The predicted octanol–water partition coefficient (Wildman–Crippen LogP) is 4.22. The number of halogens is 5. The highest BCUT2D eigenvalue weighted by atomic mass is 19.4. The average molecular weight is 371 g/mol. The lowest BCUT2D eigenvalue weighted by molar-refractivity contribution is -0.145. The molecular formula is C16H14F5N5. The van der Waals surface area contributed by atoms with E-state index in [0.717, 1.165) is 15.8 Å². The lowest BCUT2D eigenvalue weighted by atomic mass is 10.1. The van der Waals surface area contributed by atoms with Crippen LogP contribution >= 0.6 is 0 Å². The Hall–Kier alpha value is -2.78. The molecule has 2 aromatic heterocycles. The fourth-order valence-electron chi connectivity index (χ4n) is 2.69. The third-order valence-corrected chi connectivity index (χ3v) is 3.83. The van der Waals surface area contributed by atoms with Crippen LogP contribution in [0.4, 0.5) is 27.8 Å². The number of anilines is 1. The van der Waals surface area contributed by atoms with Crippen molar-refractivity contribution in [2.45, 2.75) is 32.9 Å². The van der Waals surface area contributed by atoms with E-state index in [0.29, 0.717) is 12.1 Å². The van der Waals surface area contributed by atoms with E-state index in [1.165, 1.54) is 0 Å². The molecule has 0 unspecified atom stereocenters. The van der Waals surface area contributed by atoms with Crippen molar-refractivity contribution in [3.05, 3.63) is 40.8 Å². The number of benzene rings is 1. The number of nitrogen functional groups attached to an aromatic ring is 1. The Labute approximate surface area is 144 Å². The van der Waals surface area contributed by atoms with E-state index in [1.807, 2.05) is 19.9 Å². The van der Waals surface area contributed by atoms with Crippen molar-refractivity contribution in [3.8, 4) is 5.69 Å². The van der Waals surface area contributed by atoms with E-state index in [4.69, 9.17) is 5.73 Å². The third-order valence-electron chi connectivity index (χ3n) is 3.83. The summed E-state index contributed by atoms with van der Waals surface area (Å²) in [5, 5.41) is 3.54. The van der Waals surface area contributed by atoms with E-state index in [2.05, 4.69) is 15.1 Å². The van der Waals surface area contributed by atoms with E-state index in [-0.39, 0.29) is 11.2 Å². The van der Waals surface area contributed by atoms with Gasteiger partial charge in [-0.15, -0.1) is 5.10 Å². The highest BCUT2D eigenvalue weighted by molar-refractivity contribution is 5.89. The van der Waals surface area contributed by atoms with E-state index in [1.54, 1.807) is 12.1 Å². The number of aryl methyl sites for hydroxylation is 2. The van der Waals surface area contributed by atoms with Crippen LogP contribution in [0.15, 0.2) is 18.2 Å². The minimum atomic E-state index is -4.98. The Morgan fingerprint density at radius 3 is 2.42 bits per heavy atom. The van der Waals surface area contributed by atoms with Gasteiger partial charge in [0.25, 0.3) is 6.43 Å². The number of nitrogens with zero attached hydrogens (tertiary/aromatic N) is 4. The number of hydrogen-bond acceptors (Lipinski definition) is 4. The van der Waals surface area contributed by atoms with E-state index >= 15 is 0 Å². The van der Waals surface area contributed by atoms with Crippen LogP contribution in [0.3, 0.4) is 0 Å². The lowest BCUT2D eigenvalue weighted by Gasteiger charge is -2.08. The Kier molecular flexibility index (Phi) is 4.29. The van der Waals surface area contributed by atoms with Crippen LogP contribution in [0.1, 0.15) is 36.0 Å². The van der Waals surface area contributed by atoms with E-state index in [9.17, 15) is 22.0 Å². The Bertz CT molecular complexity index is 977. The van der Waals surface area contributed by atoms with Crippen molar-refractivity contribution in [2.75, 3.05) is 5.73 Å². The van der Waals surface area contributed by atoms with Gasteiger partial charge in [0.15, 0.2) is 5.65 Å². The van der Waals surface area contributed by atoms with Gasteiger partial charge in [-0.05, 0) is 36.6 Å². The zero-order chi connectivity index (χ0) is 19.2. The second-order valence-electron chi connectivity index (χ2n) is 5.76. The van der Waals surface area contributed by atoms with Crippen molar-refractivity contribution in [3.63, 3.8) is 0 Å². The zero-order valence-electron chi connectivity index (χ0n) is 13.8. The molecule has 0 aliphatic rings. The second kappa shape index (κ2) is 6.19. The van der Waals surface area contributed by atoms with Gasteiger partial charge < -0.3 is 5.73 Å². The Morgan fingerprint density at radius 1 is 1.15 bits per heavy atom. The summed E-state index contributed by atoms with van der Waals surface area (Å²) < 4.78 is 66.4. The van der Waals surface area contributed by atoms with Crippen LogP contribution in [-0.2, 0) is 12.6 Å². The molecule has 0 aliphatic heterocycles. The summed E-state index contributed by atoms with van der Waals surface area (Å²) in [4.78, 5) is 6.25. The molecule has 138 valence electrons. The van der Waals surface area contributed by atoms with Gasteiger partial charge in [0, 0.05) is 0 Å². The molecule has 0 aliphatic carbocycles. The van der Waals surface area contributed by atoms with Gasteiger partial charge >= 0.3 is 6.18 Å². The van der Waals surface area contributed by atoms with Crippen molar-refractivity contribution in [1.82, 2.24) is 19.7 Å². The van der Waals surface area contributed by atoms with Crippen LogP contribution < -0.4 is 5.73 Å². The maximum atomic E-state index is 13.3. The van der Waals surface area contributed by atoms with Gasteiger partial charge in [-0.2, -0.15) is 13.2 Å². The molecular weight excluding hydrogens is 357 g/mol. The van der Waals surface area contributed by atoms with Crippen LogP contribution in [0.25, 0.3) is 16.7 Å². The van der Waals surface area contributed by atoms with Crippen molar-refractivity contribution in [1.29, 1.82) is 0 Å². The first kappa shape index (κ1) is 18.0. The zero-order valence-corrected chi connectivity index (χ0v) is 13.8. The molecule has 2 N–H and O–H groups in total. The third kappa shape index (κ3) is 3.06. The van der Waals surface area contributed by atoms with Crippen LogP contribution in [-0.4, -0.2) is 19.7 Å². The molecule has 0 saturated heterocycles. The molecule has 2 heterocycles. The summed E-state index contributed by atoms with van der Waals surface area (Å²) in [7, 11) is 0. The molecule has 26 heavy (non-hydrogen) atoms. The fourth-order valence-corrected chi connectivity index (χ4v) is 2.69. The van der Waals surface area contributed by atoms with Crippen LogP contribution in [0.5, 0.6) is 0 Å². The first-order chi connectivity index (χ1) is 12.1. The van der Waals surface area contributed by atoms with Gasteiger partial charge in [-0.1, -0.05) is 13.0 Å². The highest BCUT2D eigenvalue weighted by Gasteiger charge is 2.37. The molecule has 0 amide bonds. The van der Waals surface area contributed by atoms with E-state index < -0.39 is 29.8 Å². The smallest absolute Gasteiger partial charge is 0.383 e. The monoisotopic (exact) mass is 371 g/mol. The van der Waals surface area contributed by atoms with Gasteiger partial charge in [-0.3, -0.25) is 0 Å². The molecule has 0 spiro atoms. The molecule has 10 heteroatoms. The molecule has 0 fully saturated rings. The van der Waals surface area contributed by atoms with Crippen molar-refractivity contribution in [2.24, 2.45) is 0 Å². The number of aromatic nitrogens is 4. The summed E-state index contributed by atoms with van der Waals surface area (Å²) in [6.07, 6.45) is -7.53. The van der Waals surface area contributed by atoms with Crippen LogP contribution in [0.2, 0.25) is 0 Å². The normalized spacial score (nSPS) is 12.3. The topological polar surface area (TPSA) is 69.6 Å². The first-order valence-corrected chi connectivity index (χ1v) is 7.64. The van der Waals surface area contributed by atoms with Crippen molar-refractivity contribution >= 4 is 16.9 Å². The molecule has 0 bridgehead atoms. The number of nitrogens with two attached hydrogens (primary N) is 1. The minimum Gasteiger partial charge on any atom is -0.383 e. The lowest BCUT2D eigenvalue weighted by Crippen LogP contribution is -2.13. The largest absolute Gasteiger partial charge is 0.451 e. The SMILES string of the molecule is CCc1cc(C)cc(-n2nc3nc(C(F)(F)F)nc(C(F)F)c3c2N)c1. The summed E-state index contributed by atoms with van der Waals surface area (Å²) in [6.45, 7) is 3.76. The van der Waals surface area contributed by atoms with Gasteiger partial charge in [0.05, 0.1) is 11.1 Å². The Morgan fingerprint density at radius 2 is 1.85 bits per heavy atom. The number of alkyl halides is 5. The molecule has 3 aromatic rings. The maximum Gasteiger partial charge on any atom is 0.451 e. The number of fused-ring (bicyclic) bond motifs is 1. The molecule has 1 aromatic carbocycles. The standard InChI is InChI=1S/C16H14F5N5/c1-3-8-4-7(2)5-9(6-8)26-13(22)10-11(12(17)18)23-15(16(19,20)21)24-14(10)25-26/h4-6,12H,3,22H2,1-2H3. The predicted molar refractivity (Wildman–Crippen MR) is 85.1 cm³/mol. The number of hydrogen-bond donors (Lipinski definition) is 1. The van der Waals surface area contributed by atoms with Crippen LogP contribution in [0, 0.1) is 6.92 Å². The quantitative estimate of drug-likeness (QED) is 0.700. The summed E-state index contributed by atoms with van der Waals surface area (Å²) in [5.41, 5.74) is 6.56. The molecule has 0 atom stereocenters. The second-order valence-corrected chi connectivity index (χ2v) is 5.76.